The third-order valence-electron chi connectivity index (χ3n) is 4.05. The van der Waals surface area contributed by atoms with Crippen molar-refractivity contribution in [1.29, 1.82) is 0 Å². The lowest BCUT2D eigenvalue weighted by molar-refractivity contribution is 0.265. The zero-order chi connectivity index (χ0) is 15.5. The van der Waals surface area contributed by atoms with Crippen molar-refractivity contribution in [3.63, 3.8) is 0 Å². The van der Waals surface area contributed by atoms with Gasteiger partial charge in [-0.15, -0.1) is 0 Å². The number of likely N-dealkylation sites (tertiary alicyclic amines) is 1. The van der Waals surface area contributed by atoms with Gasteiger partial charge in [0.15, 0.2) is 5.82 Å². The Kier molecular flexibility index (Phi) is 4.29. The number of hydrogen-bond acceptors (Lipinski definition) is 6. The van der Waals surface area contributed by atoms with Gasteiger partial charge in [0.25, 0.3) is 0 Å². The predicted octanol–water partition coefficient (Wildman–Crippen LogP) is 2.38. The molecule has 0 N–H and O–H groups in total. The van der Waals surface area contributed by atoms with E-state index in [0.29, 0.717) is 24.2 Å². The minimum absolute atomic E-state index is 0.466. The average molecular weight is 303 g/mol. The van der Waals surface area contributed by atoms with Crippen LogP contribution in [0.3, 0.4) is 0 Å². The molecule has 0 unspecified atom stereocenters. The molecule has 118 valence electrons. The van der Waals surface area contributed by atoms with E-state index < -0.39 is 0 Å². The number of rotatable bonds is 5. The van der Waals surface area contributed by atoms with Gasteiger partial charge >= 0.3 is 0 Å². The van der Waals surface area contributed by atoms with Crippen molar-refractivity contribution < 1.29 is 14.0 Å². The molecule has 0 saturated carbocycles. The minimum atomic E-state index is 0.466. The van der Waals surface area contributed by atoms with Crippen molar-refractivity contribution in [3.8, 4) is 11.5 Å². The second-order valence-electron chi connectivity index (χ2n) is 5.60. The van der Waals surface area contributed by atoms with Crippen LogP contribution in [-0.2, 0) is 6.54 Å². The summed E-state index contributed by atoms with van der Waals surface area (Å²) in [6.07, 6.45) is 1.10. The molecule has 1 atom stereocenters. The summed E-state index contributed by atoms with van der Waals surface area (Å²) in [5.74, 6) is 3.50. The third-order valence-corrected chi connectivity index (χ3v) is 4.05. The molecule has 2 heterocycles. The van der Waals surface area contributed by atoms with Gasteiger partial charge in [-0.1, -0.05) is 5.16 Å². The number of nitrogens with zero attached hydrogens (tertiary/aromatic N) is 3. The van der Waals surface area contributed by atoms with E-state index in [1.807, 2.05) is 13.0 Å². The maximum Gasteiger partial charge on any atom is 0.240 e. The lowest BCUT2D eigenvalue weighted by atomic mass is 9.98. The van der Waals surface area contributed by atoms with Crippen LogP contribution in [0.2, 0.25) is 0 Å². The molecule has 6 heteroatoms. The normalized spacial score (nSPS) is 18.6. The van der Waals surface area contributed by atoms with E-state index in [2.05, 4.69) is 27.2 Å². The third kappa shape index (κ3) is 3.22. The first-order valence-corrected chi connectivity index (χ1v) is 7.42. The smallest absolute Gasteiger partial charge is 0.240 e. The molecule has 0 aliphatic carbocycles. The Bertz CT molecular complexity index is 619. The zero-order valence-corrected chi connectivity index (χ0v) is 13.2. The zero-order valence-electron chi connectivity index (χ0n) is 13.2. The van der Waals surface area contributed by atoms with E-state index in [1.165, 1.54) is 5.56 Å². The van der Waals surface area contributed by atoms with Crippen molar-refractivity contribution >= 4 is 0 Å². The van der Waals surface area contributed by atoms with Gasteiger partial charge in [-0.25, -0.2) is 0 Å². The predicted molar refractivity (Wildman–Crippen MR) is 81.2 cm³/mol. The Hall–Kier alpha value is -2.08. The number of hydrogen-bond donors (Lipinski definition) is 0. The summed E-state index contributed by atoms with van der Waals surface area (Å²) in [7, 11) is 3.36. The standard InChI is InChI=1S/C16H21N3O3/c1-11-17-16(22-18-11)10-19-5-4-12(9-19)13-6-14(20-2)8-15(7-13)21-3/h6-8,12H,4-5,9-10H2,1-3H3/t12-/m0/s1. The molecule has 6 nitrogen and oxygen atoms in total. The Morgan fingerprint density at radius 3 is 2.55 bits per heavy atom. The summed E-state index contributed by atoms with van der Waals surface area (Å²) >= 11 is 0. The number of benzene rings is 1. The molecule has 1 aromatic heterocycles. The summed E-state index contributed by atoms with van der Waals surface area (Å²) in [5.41, 5.74) is 1.25. The van der Waals surface area contributed by atoms with Crippen molar-refractivity contribution in [3.05, 3.63) is 35.5 Å². The second kappa shape index (κ2) is 6.36. The fraction of sp³-hybridized carbons (Fsp3) is 0.500. The minimum Gasteiger partial charge on any atom is -0.497 e. The molecule has 1 aliphatic heterocycles. The highest BCUT2D eigenvalue weighted by Crippen LogP contribution is 2.33. The number of ether oxygens (including phenoxy) is 2. The number of aryl methyl sites for hydroxylation is 1. The lowest BCUT2D eigenvalue weighted by Gasteiger charge is -2.15. The van der Waals surface area contributed by atoms with Gasteiger partial charge in [0.1, 0.15) is 11.5 Å². The van der Waals surface area contributed by atoms with Crippen LogP contribution in [0, 0.1) is 6.92 Å². The van der Waals surface area contributed by atoms with Crippen LogP contribution in [0.4, 0.5) is 0 Å². The quantitative estimate of drug-likeness (QED) is 0.845. The molecule has 0 radical (unpaired) electrons. The first-order valence-electron chi connectivity index (χ1n) is 7.42. The van der Waals surface area contributed by atoms with Crippen molar-refractivity contribution in [1.82, 2.24) is 15.0 Å². The molecule has 0 amide bonds. The van der Waals surface area contributed by atoms with Crippen LogP contribution < -0.4 is 9.47 Å². The van der Waals surface area contributed by atoms with Gasteiger partial charge in [-0.05, 0) is 43.5 Å². The molecule has 3 rings (SSSR count). The Morgan fingerprint density at radius 2 is 1.95 bits per heavy atom. The number of aromatic nitrogens is 2. The van der Waals surface area contributed by atoms with Gasteiger partial charge in [-0.3, -0.25) is 4.90 Å². The van der Waals surface area contributed by atoms with E-state index in [4.69, 9.17) is 14.0 Å². The topological polar surface area (TPSA) is 60.6 Å². The summed E-state index contributed by atoms with van der Waals surface area (Å²) in [5, 5.41) is 3.84. The highest BCUT2D eigenvalue weighted by Gasteiger charge is 2.26. The van der Waals surface area contributed by atoms with E-state index >= 15 is 0 Å². The van der Waals surface area contributed by atoms with Gasteiger partial charge in [0.2, 0.25) is 5.89 Å². The summed E-state index contributed by atoms with van der Waals surface area (Å²) in [6, 6.07) is 6.08. The number of methoxy groups -OCH3 is 2. The highest BCUT2D eigenvalue weighted by atomic mass is 16.5. The second-order valence-corrected chi connectivity index (χ2v) is 5.60. The monoisotopic (exact) mass is 303 g/mol. The maximum absolute atomic E-state index is 5.36. The molecular formula is C16H21N3O3. The van der Waals surface area contributed by atoms with E-state index in [1.54, 1.807) is 14.2 Å². The summed E-state index contributed by atoms with van der Waals surface area (Å²) in [6.45, 7) is 4.53. The van der Waals surface area contributed by atoms with E-state index in [-0.39, 0.29) is 0 Å². The lowest BCUT2D eigenvalue weighted by Crippen LogP contribution is -2.20. The van der Waals surface area contributed by atoms with Crippen LogP contribution in [0.15, 0.2) is 22.7 Å². The molecule has 22 heavy (non-hydrogen) atoms. The molecule has 0 bridgehead atoms. The molecular weight excluding hydrogens is 282 g/mol. The van der Waals surface area contributed by atoms with Crippen LogP contribution in [-0.4, -0.2) is 42.3 Å². The van der Waals surface area contributed by atoms with Gasteiger partial charge in [0.05, 0.1) is 20.8 Å². The molecule has 1 aromatic carbocycles. The van der Waals surface area contributed by atoms with Gasteiger partial charge in [-0.2, -0.15) is 4.98 Å². The van der Waals surface area contributed by atoms with E-state index in [0.717, 1.165) is 31.0 Å². The summed E-state index contributed by atoms with van der Waals surface area (Å²) in [4.78, 5) is 6.60. The first-order chi connectivity index (χ1) is 10.7. The van der Waals surface area contributed by atoms with Crippen LogP contribution in [0.1, 0.15) is 29.6 Å². The Labute approximate surface area is 130 Å². The van der Waals surface area contributed by atoms with Crippen LogP contribution in [0.5, 0.6) is 11.5 Å². The molecule has 1 fully saturated rings. The fourth-order valence-corrected chi connectivity index (χ4v) is 2.91. The highest BCUT2D eigenvalue weighted by molar-refractivity contribution is 5.40. The molecule has 0 spiro atoms. The molecule has 2 aromatic rings. The van der Waals surface area contributed by atoms with Crippen molar-refractivity contribution in [2.24, 2.45) is 0 Å². The summed E-state index contributed by atoms with van der Waals surface area (Å²) < 4.78 is 15.9. The van der Waals surface area contributed by atoms with E-state index in [9.17, 15) is 0 Å². The SMILES string of the molecule is COc1cc(OC)cc([C@H]2CCN(Cc3nc(C)no3)C2)c1. The Morgan fingerprint density at radius 1 is 1.23 bits per heavy atom. The Balaban J connectivity index is 1.69. The van der Waals surface area contributed by atoms with Gasteiger partial charge in [0, 0.05) is 12.6 Å². The fourth-order valence-electron chi connectivity index (χ4n) is 2.91. The van der Waals surface area contributed by atoms with Crippen LogP contribution in [0.25, 0.3) is 0 Å². The average Bonchev–Trinajstić information content (AvgIpc) is 3.16. The molecule has 1 aliphatic rings. The molecule has 1 saturated heterocycles. The van der Waals surface area contributed by atoms with Gasteiger partial charge < -0.3 is 14.0 Å². The maximum atomic E-state index is 5.36. The van der Waals surface area contributed by atoms with Crippen molar-refractivity contribution in [2.75, 3.05) is 27.3 Å². The largest absolute Gasteiger partial charge is 0.497 e. The first kappa shape index (κ1) is 14.8. The van der Waals surface area contributed by atoms with Crippen molar-refractivity contribution in [2.45, 2.75) is 25.8 Å². The van der Waals surface area contributed by atoms with Crippen LogP contribution >= 0.6 is 0 Å².